The van der Waals surface area contributed by atoms with Crippen LogP contribution in [0.1, 0.15) is 13.8 Å². The zero-order chi connectivity index (χ0) is 9.42. The molecule has 2 saturated heterocycles. The molecule has 76 valence electrons. The van der Waals surface area contributed by atoms with Gasteiger partial charge in [0, 0.05) is 5.92 Å². The van der Waals surface area contributed by atoms with Gasteiger partial charge in [-0.25, -0.2) is 0 Å². The third-order valence-electron chi connectivity index (χ3n) is 2.92. The van der Waals surface area contributed by atoms with Gasteiger partial charge in [0.2, 0.25) is 0 Å². The van der Waals surface area contributed by atoms with Crippen LogP contribution < -0.4 is 0 Å². The lowest BCUT2D eigenvalue weighted by Crippen LogP contribution is -2.56. The van der Waals surface area contributed by atoms with E-state index in [4.69, 9.17) is 14.2 Å². The first-order chi connectivity index (χ1) is 6.20. The number of hydrogen-bond donors (Lipinski definition) is 1. The third kappa shape index (κ3) is 1.59. The zero-order valence-corrected chi connectivity index (χ0v) is 7.97. The molecule has 0 aromatic carbocycles. The molecule has 4 nitrogen and oxygen atoms in total. The van der Waals surface area contributed by atoms with E-state index >= 15 is 0 Å². The molecule has 0 aliphatic carbocycles. The molecule has 0 saturated carbocycles. The molecular weight excluding hydrogens is 172 g/mol. The van der Waals surface area contributed by atoms with E-state index in [2.05, 4.69) is 0 Å². The molecule has 5 atom stereocenters. The molecule has 4 heteroatoms. The van der Waals surface area contributed by atoms with Gasteiger partial charge in [0.25, 0.3) is 0 Å². The third-order valence-corrected chi connectivity index (χ3v) is 2.92. The van der Waals surface area contributed by atoms with Gasteiger partial charge in [-0.15, -0.1) is 0 Å². The minimum atomic E-state index is -0.431. The van der Waals surface area contributed by atoms with Crippen LogP contribution in [-0.4, -0.2) is 42.9 Å². The Morgan fingerprint density at radius 1 is 1.31 bits per heavy atom. The summed E-state index contributed by atoms with van der Waals surface area (Å²) in [5.74, 6) is 0.123. The molecule has 13 heavy (non-hydrogen) atoms. The molecule has 0 aromatic heterocycles. The summed E-state index contributed by atoms with van der Waals surface area (Å²) in [4.78, 5) is 0. The van der Waals surface area contributed by atoms with Crippen LogP contribution in [-0.2, 0) is 14.2 Å². The highest BCUT2D eigenvalue weighted by atomic mass is 16.7. The SMILES string of the molecule is C[C@@H]1OC2COCO[C@@H]2[C@H](C)C1O. The maximum absolute atomic E-state index is 9.74. The fourth-order valence-electron chi connectivity index (χ4n) is 2.08. The number of fused-ring (bicyclic) bond motifs is 1. The Kier molecular flexibility index (Phi) is 2.55. The summed E-state index contributed by atoms with van der Waals surface area (Å²) in [5.41, 5.74) is 0. The average Bonchev–Trinajstić information content (AvgIpc) is 2.15. The zero-order valence-electron chi connectivity index (χ0n) is 7.97. The maximum Gasteiger partial charge on any atom is 0.147 e. The second-order valence-electron chi connectivity index (χ2n) is 3.85. The summed E-state index contributed by atoms with van der Waals surface area (Å²) in [6, 6.07) is 0. The van der Waals surface area contributed by atoms with Crippen molar-refractivity contribution in [1.29, 1.82) is 0 Å². The van der Waals surface area contributed by atoms with E-state index < -0.39 is 6.10 Å². The Labute approximate surface area is 77.8 Å². The molecule has 2 fully saturated rings. The van der Waals surface area contributed by atoms with E-state index in [1.165, 1.54) is 0 Å². The first kappa shape index (κ1) is 9.40. The molecule has 2 aliphatic heterocycles. The van der Waals surface area contributed by atoms with Crippen molar-refractivity contribution in [1.82, 2.24) is 0 Å². The van der Waals surface area contributed by atoms with E-state index in [1.54, 1.807) is 0 Å². The minimum Gasteiger partial charge on any atom is -0.390 e. The number of hydrogen-bond acceptors (Lipinski definition) is 4. The second kappa shape index (κ2) is 3.53. The van der Waals surface area contributed by atoms with Crippen molar-refractivity contribution in [3.63, 3.8) is 0 Å². The highest BCUT2D eigenvalue weighted by Gasteiger charge is 2.43. The largest absolute Gasteiger partial charge is 0.390 e. The first-order valence-corrected chi connectivity index (χ1v) is 4.73. The van der Waals surface area contributed by atoms with Crippen LogP contribution in [0.2, 0.25) is 0 Å². The van der Waals surface area contributed by atoms with Crippen LogP contribution >= 0.6 is 0 Å². The highest BCUT2D eigenvalue weighted by molar-refractivity contribution is 4.90. The van der Waals surface area contributed by atoms with Crippen LogP contribution in [0.15, 0.2) is 0 Å². The number of ether oxygens (including phenoxy) is 3. The predicted molar refractivity (Wildman–Crippen MR) is 45.2 cm³/mol. The van der Waals surface area contributed by atoms with Gasteiger partial charge in [-0.2, -0.15) is 0 Å². The van der Waals surface area contributed by atoms with Gasteiger partial charge >= 0.3 is 0 Å². The molecule has 2 heterocycles. The molecule has 0 spiro atoms. The fourth-order valence-corrected chi connectivity index (χ4v) is 2.08. The van der Waals surface area contributed by atoms with Gasteiger partial charge in [0.15, 0.2) is 0 Å². The molecule has 2 rings (SSSR count). The number of aliphatic hydroxyl groups is 1. The first-order valence-electron chi connectivity index (χ1n) is 4.73. The Morgan fingerprint density at radius 2 is 2.08 bits per heavy atom. The van der Waals surface area contributed by atoms with Gasteiger partial charge in [-0.3, -0.25) is 0 Å². The van der Waals surface area contributed by atoms with Crippen molar-refractivity contribution in [2.75, 3.05) is 13.4 Å². The molecule has 0 aromatic rings. The Balaban J connectivity index is 2.08. The molecule has 1 N–H and O–H groups in total. The maximum atomic E-state index is 9.74. The summed E-state index contributed by atoms with van der Waals surface area (Å²) in [7, 11) is 0. The van der Waals surface area contributed by atoms with Crippen molar-refractivity contribution < 1.29 is 19.3 Å². The summed E-state index contributed by atoms with van der Waals surface area (Å²) in [6.45, 7) is 4.76. The van der Waals surface area contributed by atoms with Gasteiger partial charge in [0.1, 0.15) is 12.9 Å². The molecule has 0 bridgehead atoms. The lowest BCUT2D eigenvalue weighted by molar-refractivity contribution is -0.276. The van der Waals surface area contributed by atoms with Crippen molar-refractivity contribution in [3.05, 3.63) is 0 Å². The second-order valence-corrected chi connectivity index (χ2v) is 3.85. The number of rotatable bonds is 0. The topological polar surface area (TPSA) is 47.9 Å². The van der Waals surface area contributed by atoms with Crippen molar-refractivity contribution in [2.24, 2.45) is 5.92 Å². The minimum absolute atomic E-state index is 0.0119. The normalized spacial score (nSPS) is 51.5. The molecule has 2 unspecified atom stereocenters. The molecule has 0 amide bonds. The number of aliphatic hydroxyl groups excluding tert-OH is 1. The summed E-state index contributed by atoms with van der Waals surface area (Å²) >= 11 is 0. The lowest BCUT2D eigenvalue weighted by Gasteiger charge is -2.44. The van der Waals surface area contributed by atoms with Gasteiger partial charge in [-0.1, -0.05) is 6.92 Å². The Hall–Kier alpha value is -0.160. The smallest absolute Gasteiger partial charge is 0.147 e. The Morgan fingerprint density at radius 3 is 2.85 bits per heavy atom. The Bertz CT molecular complexity index is 182. The van der Waals surface area contributed by atoms with Crippen LogP contribution in [0.3, 0.4) is 0 Å². The summed E-state index contributed by atoms with van der Waals surface area (Å²) in [6.07, 6.45) is -0.581. The van der Waals surface area contributed by atoms with Crippen LogP contribution in [0.5, 0.6) is 0 Å². The average molecular weight is 188 g/mol. The van der Waals surface area contributed by atoms with Gasteiger partial charge < -0.3 is 19.3 Å². The van der Waals surface area contributed by atoms with E-state index in [9.17, 15) is 5.11 Å². The van der Waals surface area contributed by atoms with Crippen LogP contribution in [0.4, 0.5) is 0 Å². The molecule has 0 radical (unpaired) electrons. The standard InChI is InChI=1S/C9H16O4/c1-5-8(10)6(2)13-7-3-11-4-12-9(5)7/h5-10H,3-4H2,1-2H3/t5-,6+,7?,8?,9-/m1/s1. The molecular formula is C9H16O4. The quantitative estimate of drug-likeness (QED) is 0.587. The van der Waals surface area contributed by atoms with Gasteiger partial charge in [-0.05, 0) is 6.92 Å². The summed E-state index contributed by atoms with van der Waals surface area (Å²) in [5, 5.41) is 9.74. The van der Waals surface area contributed by atoms with E-state index in [0.29, 0.717) is 13.4 Å². The monoisotopic (exact) mass is 188 g/mol. The van der Waals surface area contributed by atoms with E-state index in [0.717, 1.165) is 0 Å². The van der Waals surface area contributed by atoms with E-state index in [1.807, 2.05) is 13.8 Å². The fraction of sp³-hybridized carbons (Fsp3) is 1.00. The lowest BCUT2D eigenvalue weighted by atomic mass is 9.88. The van der Waals surface area contributed by atoms with Crippen molar-refractivity contribution >= 4 is 0 Å². The van der Waals surface area contributed by atoms with Gasteiger partial charge in [0.05, 0.1) is 24.9 Å². The van der Waals surface area contributed by atoms with Crippen LogP contribution in [0.25, 0.3) is 0 Å². The summed E-state index contributed by atoms with van der Waals surface area (Å²) < 4.78 is 16.1. The highest BCUT2D eigenvalue weighted by Crippen LogP contribution is 2.29. The molecule has 2 aliphatic rings. The van der Waals surface area contributed by atoms with Crippen LogP contribution in [0, 0.1) is 5.92 Å². The predicted octanol–water partition coefficient (Wildman–Crippen LogP) is 0.144. The van der Waals surface area contributed by atoms with Crippen molar-refractivity contribution in [3.8, 4) is 0 Å². The van der Waals surface area contributed by atoms with E-state index in [-0.39, 0.29) is 24.2 Å². The van der Waals surface area contributed by atoms with Crippen molar-refractivity contribution in [2.45, 2.75) is 38.3 Å².